The number of para-hydroxylation sites is 1. The molecule has 0 spiro atoms. The van der Waals surface area contributed by atoms with Crippen molar-refractivity contribution in [2.75, 3.05) is 18.2 Å². The van der Waals surface area contributed by atoms with E-state index in [-0.39, 0.29) is 55.3 Å². The number of benzene rings is 2. The second-order valence-electron chi connectivity index (χ2n) is 19.8. The lowest BCUT2D eigenvalue weighted by atomic mass is 9.97. The average Bonchev–Trinajstić information content (AvgIpc) is 3.29. The van der Waals surface area contributed by atoms with E-state index < -0.39 is 95.5 Å². The Morgan fingerprint density at radius 1 is 0.611 bits per heavy atom. The summed E-state index contributed by atoms with van der Waals surface area (Å²) in [5.41, 5.74) is 11.7. The molecule has 5 atom stereocenters. The van der Waals surface area contributed by atoms with E-state index in [1.165, 1.54) is 20.8 Å². The highest BCUT2D eigenvalue weighted by molar-refractivity contribution is 6.00. The van der Waals surface area contributed by atoms with Crippen molar-refractivity contribution in [3.8, 4) is 0 Å². The third kappa shape index (κ3) is 21.1. The van der Waals surface area contributed by atoms with E-state index in [0.717, 1.165) is 5.12 Å². The largest absolute Gasteiger partial charge is 0.382 e. The number of nitrogens with zero attached hydrogens (tertiary/aromatic N) is 2. The summed E-state index contributed by atoms with van der Waals surface area (Å²) in [6, 6.07) is 10.1. The second-order valence-corrected chi connectivity index (χ2v) is 19.8. The van der Waals surface area contributed by atoms with Crippen molar-refractivity contribution >= 4 is 64.7 Å². The van der Waals surface area contributed by atoms with Crippen LogP contribution in [0.4, 0.5) is 5.69 Å². The SMILES string of the molecule is CC(=O)NC(C(=O)NCC(=O)NC(CC(C)C)C(=O)NC(C)(C)C(=O)NC(C(=O)N[C@@H](CCCCNC(=O)c1ccc(/C(N)=N/N(N)c2ccccc2)cc1)C(=O)NC(CC(C)C)C(N)=O)C(C)C)C(C)C. The maximum absolute atomic E-state index is 14.0. The van der Waals surface area contributed by atoms with Gasteiger partial charge in [0.1, 0.15) is 35.7 Å². The zero-order valence-electron chi connectivity index (χ0n) is 43.6. The standard InChI is InChI=1S/C50H79N13O9/c1-28(2)25-37(43(52)66)59-45(68)36(19-15-16-24-54-44(67)34-22-20-33(21-23-34)42(51)62-63(53)35-17-13-12-14-18-35)58-48(71)41(31(7)8)60-49(72)50(10,11)61-46(69)38(26-29(3)4)57-39(65)27-55-47(70)40(30(5)6)56-32(9)64/h12-14,17-18,20-23,28-31,36-38,40-41H,15-16,19,24-27,53H2,1-11H3,(H2,51,62)(H2,52,66)(H,54,67)(H,55,70)(H,56,64)(H,57,65)(H,58,71)(H,59,68)(H,60,72)(H,61,69)/t36-,37?,38?,40?,41?/m0/s1. The van der Waals surface area contributed by atoms with Crippen LogP contribution in [-0.2, 0) is 38.4 Å². The van der Waals surface area contributed by atoms with E-state index in [1.807, 2.05) is 45.9 Å². The third-order valence-electron chi connectivity index (χ3n) is 11.2. The summed E-state index contributed by atoms with van der Waals surface area (Å²) in [5, 5.41) is 26.6. The lowest BCUT2D eigenvalue weighted by Crippen LogP contribution is -2.63. The van der Waals surface area contributed by atoms with Gasteiger partial charge in [0.05, 0.1) is 12.2 Å². The Balaban J connectivity index is 2.16. The first-order valence-electron chi connectivity index (χ1n) is 24.3. The van der Waals surface area contributed by atoms with Gasteiger partial charge in [-0.1, -0.05) is 85.7 Å². The van der Waals surface area contributed by atoms with Crippen LogP contribution in [0.25, 0.3) is 0 Å². The van der Waals surface area contributed by atoms with Crippen molar-refractivity contribution in [1.82, 2.24) is 42.5 Å². The number of primary amides is 1. The molecule has 0 aliphatic heterocycles. The highest BCUT2D eigenvalue weighted by Crippen LogP contribution is 2.14. The fraction of sp³-hybridized carbons (Fsp3) is 0.560. The zero-order chi connectivity index (χ0) is 54.5. The summed E-state index contributed by atoms with van der Waals surface area (Å²) >= 11 is 0. The van der Waals surface area contributed by atoms with Gasteiger partial charge in [-0.05, 0) is 93.9 Å². The van der Waals surface area contributed by atoms with E-state index in [2.05, 4.69) is 47.6 Å². The van der Waals surface area contributed by atoms with Crippen molar-refractivity contribution in [1.29, 1.82) is 0 Å². The van der Waals surface area contributed by atoms with Crippen LogP contribution >= 0.6 is 0 Å². The fourth-order valence-corrected chi connectivity index (χ4v) is 7.19. The van der Waals surface area contributed by atoms with Crippen LogP contribution in [0, 0.1) is 23.7 Å². The number of nitrogens with one attached hydrogen (secondary N) is 8. The molecule has 0 aliphatic carbocycles. The molecule has 22 nitrogen and oxygen atoms in total. The first-order valence-corrected chi connectivity index (χ1v) is 24.3. The minimum Gasteiger partial charge on any atom is -0.382 e. The Labute approximate surface area is 423 Å². The van der Waals surface area contributed by atoms with Crippen molar-refractivity contribution in [2.24, 2.45) is 46.1 Å². The Hall–Kier alpha value is -7.10. The van der Waals surface area contributed by atoms with Gasteiger partial charge in [0.2, 0.25) is 47.3 Å². The Kier molecular flexibility index (Phi) is 24.8. The number of hydrazone groups is 1. The summed E-state index contributed by atoms with van der Waals surface area (Å²) in [7, 11) is 0. The predicted octanol–water partition coefficient (Wildman–Crippen LogP) is 0.932. The predicted molar refractivity (Wildman–Crippen MR) is 275 cm³/mol. The molecule has 0 aliphatic rings. The number of unbranched alkanes of at least 4 members (excludes halogenated alkanes) is 1. The lowest BCUT2D eigenvalue weighted by Gasteiger charge is -2.32. The molecule has 398 valence electrons. The highest BCUT2D eigenvalue weighted by Gasteiger charge is 2.37. The van der Waals surface area contributed by atoms with E-state index in [4.69, 9.17) is 17.3 Å². The quantitative estimate of drug-likeness (QED) is 0.0178. The first kappa shape index (κ1) is 61.0. The summed E-state index contributed by atoms with van der Waals surface area (Å²) in [6.45, 7) is 18.1. The van der Waals surface area contributed by atoms with Crippen LogP contribution in [0.2, 0.25) is 0 Å². The van der Waals surface area contributed by atoms with Crippen molar-refractivity contribution in [3.63, 3.8) is 0 Å². The maximum atomic E-state index is 14.0. The molecule has 2 aromatic rings. The molecule has 2 aromatic carbocycles. The average molecular weight is 1010 g/mol. The van der Waals surface area contributed by atoms with Gasteiger partial charge in [-0.15, -0.1) is 5.10 Å². The molecule has 72 heavy (non-hydrogen) atoms. The van der Waals surface area contributed by atoms with Crippen LogP contribution in [0.1, 0.15) is 124 Å². The number of amides is 9. The summed E-state index contributed by atoms with van der Waals surface area (Å²) < 4.78 is 0. The molecule has 0 saturated carbocycles. The molecule has 0 aromatic heterocycles. The number of carbonyl (C=O) groups is 9. The van der Waals surface area contributed by atoms with E-state index in [9.17, 15) is 43.2 Å². The van der Waals surface area contributed by atoms with Crippen molar-refractivity contribution < 1.29 is 43.2 Å². The zero-order valence-corrected chi connectivity index (χ0v) is 43.6. The smallest absolute Gasteiger partial charge is 0.251 e. The van der Waals surface area contributed by atoms with Gasteiger partial charge in [0.25, 0.3) is 5.91 Å². The first-order chi connectivity index (χ1) is 33.6. The van der Waals surface area contributed by atoms with Gasteiger partial charge in [-0.3, -0.25) is 43.2 Å². The van der Waals surface area contributed by atoms with E-state index in [1.54, 1.807) is 64.1 Å². The molecule has 0 saturated heterocycles. The van der Waals surface area contributed by atoms with E-state index in [0.29, 0.717) is 29.7 Å². The molecule has 14 N–H and O–H groups in total. The van der Waals surface area contributed by atoms with Crippen LogP contribution in [0.5, 0.6) is 0 Å². The number of nitrogens with two attached hydrogens (primary N) is 3. The van der Waals surface area contributed by atoms with Gasteiger partial charge >= 0.3 is 0 Å². The van der Waals surface area contributed by atoms with Crippen molar-refractivity contribution in [3.05, 3.63) is 65.7 Å². The lowest BCUT2D eigenvalue weighted by molar-refractivity contribution is -0.138. The van der Waals surface area contributed by atoms with Gasteiger partial charge < -0.3 is 54.0 Å². The highest BCUT2D eigenvalue weighted by atomic mass is 16.2. The van der Waals surface area contributed by atoms with E-state index >= 15 is 0 Å². The van der Waals surface area contributed by atoms with Crippen molar-refractivity contribution in [2.45, 2.75) is 144 Å². The van der Waals surface area contributed by atoms with Crippen LogP contribution in [-0.4, -0.2) is 108 Å². The van der Waals surface area contributed by atoms with Gasteiger partial charge in [-0.25, -0.2) is 5.84 Å². The topological polar surface area (TPSA) is 344 Å². The van der Waals surface area contributed by atoms with Gasteiger partial charge in [0, 0.05) is 24.6 Å². The minimum atomic E-state index is -1.63. The van der Waals surface area contributed by atoms with Crippen LogP contribution in [0.3, 0.4) is 0 Å². The van der Waals surface area contributed by atoms with Gasteiger partial charge in [0.15, 0.2) is 5.84 Å². The number of hydrogen-bond acceptors (Lipinski definition) is 12. The molecular weight excluding hydrogens is 927 g/mol. The molecule has 0 heterocycles. The molecule has 0 bridgehead atoms. The number of anilines is 1. The number of amidine groups is 1. The molecule has 22 heteroatoms. The summed E-state index contributed by atoms with van der Waals surface area (Å²) in [4.78, 5) is 118. The van der Waals surface area contributed by atoms with Gasteiger partial charge in [-0.2, -0.15) is 5.12 Å². The normalized spacial score (nSPS) is 13.8. The number of carbonyl (C=O) groups excluding carboxylic acids is 9. The third-order valence-corrected chi connectivity index (χ3v) is 11.2. The molecule has 4 unspecified atom stereocenters. The second kappa shape index (κ2) is 29.3. The summed E-state index contributed by atoms with van der Waals surface area (Å²) in [6.07, 6.45) is 1.23. The minimum absolute atomic E-state index is 0.00845. The monoisotopic (exact) mass is 1010 g/mol. The number of rotatable bonds is 29. The summed E-state index contributed by atoms with van der Waals surface area (Å²) in [5.74, 6) is -0.339. The maximum Gasteiger partial charge on any atom is 0.251 e. The number of hydrazine groups is 1. The Morgan fingerprint density at radius 3 is 1.69 bits per heavy atom. The van der Waals surface area contributed by atoms with Crippen LogP contribution < -0.4 is 65.0 Å². The Morgan fingerprint density at radius 2 is 1.15 bits per heavy atom. The molecule has 0 fully saturated rings. The Bertz CT molecular complexity index is 2200. The fourth-order valence-electron chi connectivity index (χ4n) is 7.19. The molecule has 9 amide bonds. The molecule has 2 rings (SSSR count). The molecular formula is C50H79N13O9. The number of hydrogen-bond donors (Lipinski definition) is 11. The molecule has 0 radical (unpaired) electrons. The van der Waals surface area contributed by atoms with Crippen LogP contribution in [0.15, 0.2) is 59.7 Å².